The van der Waals surface area contributed by atoms with Gasteiger partial charge >= 0.3 is 11.9 Å². The molecule has 10 nitrogen and oxygen atoms in total. The minimum atomic E-state index is -3.10. The molecule has 4 N–H and O–H groups in total. The first-order valence-corrected chi connectivity index (χ1v) is 14.5. The van der Waals surface area contributed by atoms with Crippen molar-refractivity contribution in [3.05, 3.63) is 45.0 Å². The van der Waals surface area contributed by atoms with Gasteiger partial charge in [-0.25, -0.2) is 9.69 Å². The number of anilines is 1. The lowest BCUT2D eigenvalue weighted by Crippen LogP contribution is -2.31. The van der Waals surface area contributed by atoms with E-state index in [4.69, 9.17) is 43.7 Å². The average molecular weight is 575 g/mol. The van der Waals surface area contributed by atoms with Crippen molar-refractivity contribution < 1.29 is 38.5 Å². The second kappa shape index (κ2) is 13.3. The molecule has 1 aromatic carbocycles. The van der Waals surface area contributed by atoms with E-state index in [1.165, 1.54) is 17.6 Å². The van der Waals surface area contributed by atoms with Crippen LogP contribution in [0.25, 0.3) is 6.08 Å². The van der Waals surface area contributed by atoms with Crippen molar-refractivity contribution in [2.24, 2.45) is 5.73 Å². The summed E-state index contributed by atoms with van der Waals surface area (Å²) in [4.78, 5) is 57.0. The number of carboxylic acids is 1. The van der Waals surface area contributed by atoms with Crippen LogP contribution < -0.4 is 10.6 Å². The van der Waals surface area contributed by atoms with Crippen LogP contribution in [0.2, 0.25) is 5.02 Å². The maximum Gasteiger partial charge on any atom is 0.349 e. The van der Waals surface area contributed by atoms with Crippen molar-refractivity contribution in [2.75, 3.05) is 24.3 Å². The molecule has 0 spiro atoms. The molecule has 0 aromatic heterocycles. The number of hydrogen-bond acceptors (Lipinski definition) is 7. The number of amides is 2. The Morgan fingerprint density at radius 1 is 1.22 bits per heavy atom. The molecular weight excluding hydrogens is 546 g/mol. The Morgan fingerprint density at radius 2 is 1.78 bits per heavy atom. The third kappa shape index (κ3) is 8.51. The first kappa shape index (κ1) is 30.7. The largest absolute Gasteiger partial charge is 0.480 e. The van der Waals surface area contributed by atoms with Crippen LogP contribution in [0.15, 0.2) is 34.4 Å². The van der Waals surface area contributed by atoms with Crippen LogP contribution in [0.1, 0.15) is 44.6 Å². The summed E-state index contributed by atoms with van der Waals surface area (Å²) in [5.74, 6) is -2.36. The van der Waals surface area contributed by atoms with E-state index in [-0.39, 0.29) is 36.0 Å². The summed E-state index contributed by atoms with van der Waals surface area (Å²) in [6.45, 7) is 3.06. The quantitative estimate of drug-likeness (QED) is 0.180. The molecule has 1 aromatic rings. The van der Waals surface area contributed by atoms with E-state index < -0.39 is 25.3 Å². The van der Waals surface area contributed by atoms with E-state index in [0.29, 0.717) is 40.3 Å². The van der Waals surface area contributed by atoms with E-state index in [0.717, 1.165) is 12.8 Å². The first-order chi connectivity index (χ1) is 17.3. The van der Waals surface area contributed by atoms with Gasteiger partial charge < -0.3 is 20.5 Å². The van der Waals surface area contributed by atoms with Crippen LogP contribution in [0.5, 0.6) is 0 Å². The number of carboxylic acid groups (broad SMARTS) is 1. The summed E-state index contributed by atoms with van der Waals surface area (Å²) >= 11 is 12.1. The van der Waals surface area contributed by atoms with Crippen molar-refractivity contribution in [1.29, 1.82) is 0 Å². The lowest BCUT2D eigenvalue weighted by molar-refractivity contribution is -0.139. The predicted octanol–water partition coefficient (Wildman–Crippen LogP) is 3.92. The molecule has 37 heavy (non-hydrogen) atoms. The molecule has 3 rings (SSSR count). The molecule has 0 bridgehead atoms. The summed E-state index contributed by atoms with van der Waals surface area (Å²) in [6, 6.07) is 3.70. The SMILES string of the molecule is CCOC(=O)/C(Cl)=C/c1cc(N2C(=O)C3=C(CCCC3)C2=O)ccc1Cl.CP(=O)(O)CCC(N)C(=O)O. The summed E-state index contributed by atoms with van der Waals surface area (Å²) in [5, 5.41) is 8.49. The monoisotopic (exact) mass is 574 g/mol. The topological polar surface area (TPSA) is 164 Å². The number of aliphatic carboxylic acids is 1. The number of esters is 1. The van der Waals surface area contributed by atoms with Gasteiger partial charge in [-0.2, -0.15) is 0 Å². The number of rotatable bonds is 8. The van der Waals surface area contributed by atoms with Gasteiger partial charge in [0.2, 0.25) is 0 Å². The van der Waals surface area contributed by atoms with Gasteiger partial charge in [0, 0.05) is 29.0 Å². The smallest absolute Gasteiger partial charge is 0.349 e. The zero-order valence-corrected chi connectivity index (χ0v) is 22.8. The maximum absolute atomic E-state index is 12.7. The molecule has 0 saturated carbocycles. The van der Waals surface area contributed by atoms with E-state index in [1.54, 1.807) is 25.1 Å². The molecule has 1 aliphatic heterocycles. The standard InChI is InChI=1S/C19H17Cl2NO4.C5H12NO4P/c1-2-26-19(25)16(21)10-11-9-12(7-8-15(11)20)22-17(23)13-5-3-4-6-14(13)18(22)24;1-11(9,10)3-2-4(6)5(7)8/h7-10H,2-6H2,1H3;4H,2-3,6H2,1H3,(H,7,8)(H,9,10)/b16-10-;. The van der Waals surface area contributed by atoms with Crippen molar-refractivity contribution >= 4 is 66.1 Å². The second-order valence-electron chi connectivity index (χ2n) is 8.54. The van der Waals surface area contributed by atoms with Crippen molar-refractivity contribution in [3.63, 3.8) is 0 Å². The molecule has 2 atom stereocenters. The Bertz CT molecular complexity index is 1160. The zero-order chi connectivity index (χ0) is 27.9. The van der Waals surface area contributed by atoms with Gasteiger partial charge in [0.1, 0.15) is 11.1 Å². The van der Waals surface area contributed by atoms with Crippen LogP contribution in [0.3, 0.4) is 0 Å². The Labute approximate surface area is 224 Å². The summed E-state index contributed by atoms with van der Waals surface area (Å²) in [5.41, 5.74) is 7.14. The Balaban J connectivity index is 0.000000371. The zero-order valence-electron chi connectivity index (χ0n) is 20.4. The lowest BCUT2D eigenvalue weighted by atomic mass is 9.93. The molecule has 1 heterocycles. The molecule has 2 amide bonds. The van der Waals surface area contributed by atoms with Crippen LogP contribution in [0, 0.1) is 0 Å². The summed E-state index contributed by atoms with van der Waals surface area (Å²) < 4.78 is 15.5. The highest BCUT2D eigenvalue weighted by atomic mass is 35.5. The van der Waals surface area contributed by atoms with E-state index in [1.807, 2.05) is 0 Å². The van der Waals surface area contributed by atoms with Crippen LogP contribution in [0.4, 0.5) is 5.69 Å². The molecule has 2 unspecified atom stereocenters. The van der Waals surface area contributed by atoms with Crippen LogP contribution in [-0.2, 0) is 28.5 Å². The third-order valence-electron chi connectivity index (χ3n) is 5.55. The fourth-order valence-corrected chi connectivity index (χ4v) is 4.75. The molecule has 0 fully saturated rings. The van der Waals surface area contributed by atoms with Crippen molar-refractivity contribution in [3.8, 4) is 0 Å². The Kier molecular flexibility index (Phi) is 11.1. The average Bonchev–Trinajstić information content (AvgIpc) is 3.09. The fraction of sp³-hybridized carbons (Fsp3) is 0.417. The minimum absolute atomic E-state index is 0.0412. The normalized spacial score (nSPS) is 18.0. The van der Waals surface area contributed by atoms with E-state index in [2.05, 4.69) is 0 Å². The maximum atomic E-state index is 12.7. The van der Waals surface area contributed by atoms with Crippen LogP contribution in [-0.4, -0.2) is 59.2 Å². The van der Waals surface area contributed by atoms with Crippen LogP contribution >= 0.6 is 30.6 Å². The molecule has 1 aliphatic carbocycles. The molecule has 0 radical (unpaired) electrons. The van der Waals surface area contributed by atoms with Gasteiger partial charge in [-0.15, -0.1) is 0 Å². The molecule has 13 heteroatoms. The van der Waals surface area contributed by atoms with Crippen molar-refractivity contribution in [2.45, 2.75) is 45.1 Å². The molecule has 202 valence electrons. The lowest BCUT2D eigenvalue weighted by Gasteiger charge is -2.16. The number of carbonyl (C=O) groups excluding carboxylic acids is 3. The predicted molar refractivity (Wildman–Crippen MR) is 141 cm³/mol. The molecule has 2 aliphatic rings. The third-order valence-corrected chi connectivity index (χ3v) is 7.25. The second-order valence-corrected chi connectivity index (χ2v) is 11.9. The fourth-order valence-electron chi connectivity index (χ4n) is 3.65. The highest BCUT2D eigenvalue weighted by molar-refractivity contribution is 7.57. The van der Waals surface area contributed by atoms with Gasteiger partial charge in [0.25, 0.3) is 11.8 Å². The van der Waals surface area contributed by atoms with E-state index >= 15 is 0 Å². The van der Waals surface area contributed by atoms with Gasteiger partial charge in [0.05, 0.1) is 12.3 Å². The summed E-state index contributed by atoms with van der Waals surface area (Å²) in [7, 11) is -3.10. The van der Waals surface area contributed by atoms with Gasteiger partial charge in [-0.1, -0.05) is 23.2 Å². The Morgan fingerprint density at radius 3 is 2.27 bits per heavy atom. The number of imide groups is 1. The number of carbonyl (C=O) groups is 4. The number of benzene rings is 1. The number of halogens is 2. The first-order valence-electron chi connectivity index (χ1n) is 11.5. The van der Waals surface area contributed by atoms with Gasteiger partial charge in [0.15, 0.2) is 7.37 Å². The Hall–Kier alpha value is -2.49. The molecular formula is C24H29Cl2N2O8P. The summed E-state index contributed by atoms with van der Waals surface area (Å²) in [6.07, 6.45) is 4.45. The number of nitrogens with zero attached hydrogens (tertiary/aromatic N) is 1. The molecule has 0 saturated heterocycles. The minimum Gasteiger partial charge on any atom is -0.480 e. The van der Waals surface area contributed by atoms with E-state index in [9.17, 15) is 23.7 Å². The number of nitrogens with two attached hydrogens (primary N) is 1. The van der Waals surface area contributed by atoms with Gasteiger partial charge in [-0.05, 0) is 68.9 Å². The number of hydrogen-bond donors (Lipinski definition) is 3. The highest BCUT2D eigenvalue weighted by Crippen LogP contribution is 2.37. The highest BCUT2D eigenvalue weighted by Gasteiger charge is 2.39. The van der Waals surface area contributed by atoms with Crippen molar-refractivity contribution in [1.82, 2.24) is 0 Å². The van der Waals surface area contributed by atoms with Gasteiger partial charge in [-0.3, -0.25) is 18.9 Å². The number of ether oxygens (including phenoxy) is 1.